The fraction of sp³-hybridized carbons (Fsp3) is 0.385. The number of nitrogens with zero attached hydrogens (tertiary/aromatic N) is 1. The maximum absolute atomic E-state index is 12.1. The van der Waals surface area contributed by atoms with Crippen molar-refractivity contribution in [1.29, 1.82) is 0 Å². The van der Waals surface area contributed by atoms with Gasteiger partial charge >= 0.3 is 0 Å². The van der Waals surface area contributed by atoms with Gasteiger partial charge in [-0.3, -0.25) is 4.79 Å². The Morgan fingerprint density at radius 1 is 1.44 bits per heavy atom. The predicted molar refractivity (Wildman–Crippen MR) is 75.9 cm³/mol. The second kappa shape index (κ2) is 6.35. The quantitative estimate of drug-likeness (QED) is 0.824. The zero-order valence-corrected chi connectivity index (χ0v) is 11.7. The van der Waals surface area contributed by atoms with Gasteiger partial charge in [0.15, 0.2) is 0 Å². The van der Waals surface area contributed by atoms with Gasteiger partial charge in [-0.05, 0) is 24.3 Å². The maximum atomic E-state index is 12.1. The van der Waals surface area contributed by atoms with Gasteiger partial charge in [0.1, 0.15) is 5.75 Å². The molecule has 0 aromatic heterocycles. The van der Waals surface area contributed by atoms with Crippen LogP contribution < -0.4 is 10.5 Å². The summed E-state index contributed by atoms with van der Waals surface area (Å²) in [6.07, 6.45) is 0. The number of ether oxygens (including phenoxy) is 1. The van der Waals surface area contributed by atoms with Crippen LogP contribution in [0, 0.1) is 5.92 Å². The fourth-order valence-electron chi connectivity index (χ4n) is 1.54. The average molecular weight is 266 g/mol. The molecule has 98 valence electrons. The predicted octanol–water partition coefficient (Wildman–Crippen LogP) is 1.69. The molecule has 1 unspecified atom stereocenters. The Hall–Kier alpha value is -1.62. The first-order valence-electron chi connectivity index (χ1n) is 5.64. The molecule has 0 aliphatic heterocycles. The minimum atomic E-state index is -0.0549. The summed E-state index contributed by atoms with van der Waals surface area (Å²) in [6.45, 7) is 2.42. The Bertz CT molecular complexity index is 431. The Balaban J connectivity index is 2.70. The molecule has 1 rings (SSSR count). The number of methoxy groups -OCH3 is 1. The molecule has 0 aliphatic rings. The highest BCUT2D eigenvalue weighted by Gasteiger charge is 2.15. The normalized spacial score (nSPS) is 11.7. The molecule has 18 heavy (non-hydrogen) atoms. The number of carbonyl (C=O) groups excluding carboxylic acids is 1. The lowest BCUT2D eigenvalue weighted by molar-refractivity contribution is 0.0787. The van der Waals surface area contributed by atoms with Gasteiger partial charge in [0, 0.05) is 25.1 Å². The standard InChI is InChI=1S/C13H18N2O2S/c1-9(12(14)18)8-15(2)13(16)10-4-6-11(17-3)7-5-10/h4-7,9H,8H2,1-3H3,(H2,14,18). The largest absolute Gasteiger partial charge is 0.497 e. The topological polar surface area (TPSA) is 55.6 Å². The van der Waals surface area contributed by atoms with E-state index in [0.717, 1.165) is 5.75 Å². The Morgan fingerprint density at radius 3 is 2.44 bits per heavy atom. The van der Waals surface area contributed by atoms with Gasteiger partial charge in [-0.25, -0.2) is 0 Å². The van der Waals surface area contributed by atoms with Gasteiger partial charge in [-0.2, -0.15) is 0 Å². The van der Waals surface area contributed by atoms with Crippen LogP contribution in [0.5, 0.6) is 5.75 Å². The van der Waals surface area contributed by atoms with E-state index in [1.807, 2.05) is 6.92 Å². The number of hydrogen-bond acceptors (Lipinski definition) is 3. The van der Waals surface area contributed by atoms with Gasteiger partial charge in [-0.15, -0.1) is 0 Å². The van der Waals surface area contributed by atoms with E-state index in [2.05, 4.69) is 0 Å². The molecule has 1 amide bonds. The van der Waals surface area contributed by atoms with Crippen LogP contribution in [-0.2, 0) is 0 Å². The zero-order chi connectivity index (χ0) is 13.7. The molecule has 4 nitrogen and oxygen atoms in total. The summed E-state index contributed by atoms with van der Waals surface area (Å²) in [5, 5.41) is 0. The second-order valence-corrected chi connectivity index (χ2v) is 4.69. The third-order valence-electron chi connectivity index (χ3n) is 2.72. The van der Waals surface area contributed by atoms with Crippen LogP contribution in [-0.4, -0.2) is 36.5 Å². The van der Waals surface area contributed by atoms with Crippen molar-refractivity contribution in [2.24, 2.45) is 11.7 Å². The van der Waals surface area contributed by atoms with Crippen LogP contribution in [0.2, 0.25) is 0 Å². The van der Waals surface area contributed by atoms with Crippen molar-refractivity contribution >= 4 is 23.1 Å². The van der Waals surface area contributed by atoms with E-state index in [1.165, 1.54) is 0 Å². The fourth-order valence-corrected chi connectivity index (χ4v) is 1.61. The molecule has 0 radical (unpaired) electrons. The molecule has 1 aromatic rings. The Labute approximate surface area is 113 Å². The molecule has 0 saturated heterocycles. The van der Waals surface area contributed by atoms with Crippen molar-refractivity contribution in [3.63, 3.8) is 0 Å². The summed E-state index contributed by atoms with van der Waals surface area (Å²) >= 11 is 4.90. The summed E-state index contributed by atoms with van der Waals surface area (Å²) < 4.78 is 5.05. The molecular formula is C13H18N2O2S. The zero-order valence-electron chi connectivity index (χ0n) is 10.8. The van der Waals surface area contributed by atoms with Crippen LogP contribution in [0.25, 0.3) is 0 Å². The van der Waals surface area contributed by atoms with E-state index in [4.69, 9.17) is 22.7 Å². The number of amides is 1. The summed E-state index contributed by atoms with van der Waals surface area (Å²) in [7, 11) is 3.33. The number of hydrogen-bond donors (Lipinski definition) is 1. The van der Waals surface area contributed by atoms with Gasteiger partial charge < -0.3 is 15.4 Å². The highest BCUT2D eigenvalue weighted by Crippen LogP contribution is 2.13. The SMILES string of the molecule is COc1ccc(C(=O)N(C)CC(C)C(N)=S)cc1. The monoisotopic (exact) mass is 266 g/mol. The van der Waals surface area contributed by atoms with Crippen molar-refractivity contribution in [2.75, 3.05) is 20.7 Å². The van der Waals surface area contributed by atoms with Crippen LogP contribution in [0.1, 0.15) is 17.3 Å². The molecule has 0 spiro atoms. The van der Waals surface area contributed by atoms with E-state index in [-0.39, 0.29) is 11.8 Å². The summed E-state index contributed by atoms with van der Waals surface area (Å²) in [5.41, 5.74) is 6.16. The van der Waals surface area contributed by atoms with Crippen molar-refractivity contribution in [2.45, 2.75) is 6.92 Å². The van der Waals surface area contributed by atoms with Crippen LogP contribution in [0.4, 0.5) is 0 Å². The number of rotatable bonds is 5. The lowest BCUT2D eigenvalue weighted by Crippen LogP contribution is -2.35. The highest BCUT2D eigenvalue weighted by molar-refractivity contribution is 7.80. The van der Waals surface area contributed by atoms with E-state index in [0.29, 0.717) is 17.1 Å². The molecule has 0 saturated carbocycles. The van der Waals surface area contributed by atoms with Gasteiger partial charge in [0.05, 0.1) is 12.1 Å². The molecule has 0 aliphatic carbocycles. The number of benzene rings is 1. The third kappa shape index (κ3) is 3.70. The van der Waals surface area contributed by atoms with Crippen LogP contribution in [0.3, 0.4) is 0 Å². The first-order chi connectivity index (χ1) is 8.45. The molecule has 1 atom stereocenters. The number of nitrogens with two attached hydrogens (primary N) is 1. The number of thiocarbonyl (C=S) groups is 1. The molecular weight excluding hydrogens is 248 g/mol. The first kappa shape index (κ1) is 14.4. The van der Waals surface area contributed by atoms with E-state index in [9.17, 15) is 4.79 Å². The van der Waals surface area contributed by atoms with E-state index >= 15 is 0 Å². The maximum Gasteiger partial charge on any atom is 0.253 e. The minimum absolute atomic E-state index is 0.00667. The lowest BCUT2D eigenvalue weighted by atomic mass is 10.1. The highest BCUT2D eigenvalue weighted by atomic mass is 32.1. The molecule has 0 bridgehead atoms. The van der Waals surface area contributed by atoms with Crippen molar-refractivity contribution < 1.29 is 9.53 Å². The molecule has 5 heteroatoms. The minimum Gasteiger partial charge on any atom is -0.497 e. The molecule has 0 heterocycles. The Kier molecular flexibility index (Phi) is 5.09. The Morgan fingerprint density at radius 2 is 2.00 bits per heavy atom. The number of carbonyl (C=O) groups is 1. The summed E-state index contributed by atoms with van der Waals surface area (Å²) in [6, 6.07) is 7.00. The van der Waals surface area contributed by atoms with Crippen molar-refractivity contribution in [1.82, 2.24) is 4.90 Å². The molecule has 1 aromatic carbocycles. The van der Waals surface area contributed by atoms with Gasteiger partial charge in [0.2, 0.25) is 0 Å². The van der Waals surface area contributed by atoms with Crippen molar-refractivity contribution in [3.05, 3.63) is 29.8 Å². The van der Waals surface area contributed by atoms with Gasteiger partial charge in [-0.1, -0.05) is 19.1 Å². The van der Waals surface area contributed by atoms with E-state index in [1.54, 1.807) is 43.3 Å². The molecule has 0 fully saturated rings. The van der Waals surface area contributed by atoms with Crippen LogP contribution in [0.15, 0.2) is 24.3 Å². The first-order valence-corrected chi connectivity index (χ1v) is 6.05. The van der Waals surface area contributed by atoms with E-state index < -0.39 is 0 Å². The summed E-state index contributed by atoms with van der Waals surface area (Å²) in [4.78, 5) is 14.1. The average Bonchev–Trinajstić information content (AvgIpc) is 2.37. The van der Waals surface area contributed by atoms with Crippen molar-refractivity contribution in [3.8, 4) is 5.75 Å². The van der Waals surface area contributed by atoms with Gasteiger partial charge in [0.25, 0.3) is 5.91 Å². The molecule has 2 N–H and O–H groups in total. The lowest BCUT2D eigenvalue weighted by Gasteiger charge is -2.21. The summed E-state index contributed by atoms with van der Waals surface area (Å²) in [5.74, 6) is 0.679. The smallest absolute Gasteiger partial charge is 0.253 e. The van der Waals surface area contributed by atoms with Crippen LogP contribution >= 0.6 is 12.2 Å². The third-order valence-corrected chi connectivity index (χ3v) is 3.12. The second-order valence-electron chi connectivity index (χ2n) is 4.22.